The van der Waals surface area contributed by atoms with E-state index in [0.717, 1.165) is 5.56 Å². The molecule has 1 aromatic carbocycles. The van der Waals surface area contributed by atoms with Crippen LogP contribution >= 0.6 is 35.6 Å². The minimum Gasteiger partial charge on any atom is -0.365 e. The summed E-state index contributed by atoms with van der Waals surface area (Å²) in [6.07, 6.45) is 1.70. The van der Waals surface area contributed by atoms with Gasteiger partial charge in [-0.15, -0.1) is 12.4 Å². The highest BCUT2D eigenvalue weighted by atomic mass is 35.5. The lowest BCUT2D eigenvalue weighted by Crippen LogP contribution is -2.29. The Bertz CT molecular complexity index is 677. The Hall–Kier alpha value is -1.49. The third-order valence-electron chi connectivity index (χ3n) is 2.61. The number of halogens is 3. The Morgan fingerprint density at radius 2 is 1.85 bits per heavy atom. The van der Waals surface area contributed by atoms with Crippen LogP contribution in [0.15, 0.2) is 36.5 Å². The van der Waals surface area contributed by atoms with Gasteiger partial charge in [0.2, 0.25) is 0 Å². The molecular formula is C13H12Cl3N3O. The maximum absolute atomic E-state index is 11.2. The fourth-order valence-corrected chi connectivity index (χ4v) is 2.35. The van der Waals surface area contributed by atoms with Gasteiger partial charge >= 0.3 is 0 Å². The van der Waals surface area contributed by atoms with Gasteiger partial charge in [-0.3, -0.25) is 10.2 Å². The van der Waals surface area contributed by atoms with Crippen LogP contribution in [0.1, 0.15) is 15.9 Å². The summed E-state index contributed by atoms with van der Waals surface area (Å²) in [6.45, 7) is 0.389. The molecular weight excluding hydrogens is 321 g/mol. The second kappa shape index (κ2) is 6.79. The van der Waals surface area contributed by atoms with Crippen LogP contribution in [0.2, 0.25) is 10.0 Å². The minimum atomic E-state index is -0.622. The van der Waals surface area contributed by atoms with Gasteiger partial charge in [0.15, 0.2) is 0 Å². The molecule has 4 nitrogen and oxygen atoms in total. The van der Waals surface area contributed by atoms with E-state index in [1.165, 1.54) is 6.07 Å². The van der Waals surface area contributed by atoms with Crippen molar-refractivity contribution in [1.29, 1.82) is 5.41 Å². The van der Waals surface area contributed by atoms with E-state index in [0.29, 0.717) is 16.6 Å². The van der Waals surface area contributed by atoms with Gasteiger partial charge in [-0.2, -0.15) is 0 Å². The lowest BCUT2D eigenvalue weighted by molar-refractivity contribution is 0.0998. The van der Waals surface area contributed by atoms with E-state index in [1.807, 2.05) is 0 Å². The van der Waals surface area contributed by atoms with Crippen molar-refractivity contribution in [3.8, 4) is 0 Å². The quantitative estimate of drug-likeness (QED) is 0.891. The van der Waals surface area contributed by atoms with Crippen molar-refractivity contribution in [2.45, 2.75) is 6.54 Å². The summed E-state index contributed by atoms with van der Waals surface area (Å²) in [7, 11) is 0. The first-order chi connectivity index (χ1) is 8.97. The first kappa shape index (κ1) is 16.6. The molecule has 0 aliphatic heterocycles. The Morgan fingerprint density at radius 3 is 2.40 bits per heavy atom. The van der Waals surface area contributed by atoms with Crippen molar-refractivity contribution in [3.05, 3.63) is 63.2 Å². The number of nitrogens with one attached hydrogen (secondary N) is 1. The number of pyridine rings is 1. The number of nitrogens with zero attached hydrogens (tertiary/aromatic N) is 1. The standard InChI is InChI=1S/C13H11Cl2N3O.ClH/c14-9-4-8(5-10(15)6-9)7-18-3-1-2-11(12(18)16)13(17)19;/h1-6,16H,7H2,(H2,17,19);1H. The predicted octanol–water partition coefficient (Wildman–Crippen LogP) is 2.84. The van der Waals surface area contributed by atoms with Crippen molar-refractivity contribution in [1.82, 2.24) is 4.57 Å². The van der Waals surface area contributed by atoms with Crippen LogP contribution in [0.4, 0.5) is 0 Å². The van der Waals surface area contributed by atoms with Crippen LogP contribution in [-0.4, -0.2) is 10.5 Å². The van der Waals surface area contributed by atoms with Crippen molar-refractivity contribution in [3.63, 3.8) is 0 Å². The first-order valence-corrected chi connectivity index (χ1v) is 6.22. The van der Waals surface area contributed by atoms with Crippen molar-refractivity contribution in [2.75, 3.05) is 0 Å². The normalized spacial score (nSPS) is 9.90. The number of hydrogen-bond donors (Lipinski definition) is 2. The number of aromatic nitrogens is 1. The summed E-state index contributed by atoms with van der Waals surface area (Å²) in [6, 6.07) is 8.35. The second-order valence-corrected chi connectivity index (χ2v) is 4.91. The largest absolute Gasteiger partial charge is 0.365 e. The molecule has 0 bridgehead atoms. The molecule has 1 heterocycles. The molecule has 0 unspecified atom stereocenters. The molecule has 0 saturated heterocycles. The van der Waals surface area contributed by atoms with Gasteiger partial charge in [-0.25, -0.2) is 0 Å². The number of primary amides is 1. The summed E-state index contributed by atoms with van der Waals surface area (Å²) in [5.74, 6) is -0.622. The SMILES string of the molecule is Cl.N=c1c(C(N)=O)cccn1Cc1cc(Cl)cc(Cl)c1. The van der Waals surface area contributed by atoms with Gasteiger partial charge in [0.25, 0.3) is 5.91 Å². The summed E-state index contributed by atoms with van der Waals surface area (Å²) in [5.41, 5.74) is 6.29. The lowest BCUT2D eigenvalue weighted by Gasteiger charge is -2.09. The monoisotopic (exact) mass is 331 g/mol. The Kier molecular flexibility index (Phi) is 5.62. The third-order valence-corrected chi connectivity index (χ3v) is 3.05. The van der Waals surface area contributed by atoms with E-state index in [4.69, 9.17) is 34.3 Å². The van der Waals surface area contributed by atoms with E-state index in [-0.39, 0.29) is 23.5 Å². The molecule has 0 saturated carbocycles. The molecule has 1 amide bonds. The molecule has 2 aromatic rings. The smallest absolute Gasteiger partial charge is 0.252 e. The van der Waals surface area contributed by atoms with Gasteiger partial charge in [-0.1, -0.05) is 23.2 Å². The highest BCUT2D eigenvalue weighted by Gasteiger charge is 2.06. The minimum absolute atomic E-state index is 0. The number of amides is 1. The molecule has 1 aromatic heterocycles. The van der Waals surface area contributed by atoms with Gasteiger partial charge < -0.3 is 10.3 Å². The van der Waals surface area contributed by atoms with Gasteiger partial charge in [0.05, 0.1) is 5.56 Å². The van der Waals surface area contributed by atoms with Gasteiger partial charge in [0, 0.05) is 22.8 Å². The zero-order valence-corrected chi connectivity index (χ0v) is 12.6. The van der Waals surface area contributed by atoms with Crippen molar-refractivity contribution >= 4 is 41.5 Å². The molecule has 2 rings (SSSR count). The second-order valence-electron chi connectivity index (χ2n) is 4.04. The summed E-state index contributed by atoms with van der Waals surface area (Å²) in [4.78, 5) is 11.2. The van der Waals surface area contributed by atoms with Crippen molar-refractivity contribution < 1.29 is 4.79 Å². The Morgan fingerprint density at radius 1 is 1.25 bits per heavy atom. The number of rotatable bonds is 3. The lowest BCUT2D eigenvalue weighted by atomic mass is 10.2. The average Bonchev–Trinajstić information content (AvgIpc) is 2.30. The maximum atomic E-state index is 11.2. The fourth-order valence-electron chi connectivity index (χ4n) is 1.78. The van der Waals surface area contributed by atoms with Crippen LogP contribution in [-0.2, 0) is 6.54 Å². The molecule has 0 aliphatic rings. The third kappa shape index (κ3) is 3.76. The molecule has 0 radical (unpaired) electrons. The molecule has 106 valence electrons. The van der Waals surface area contributed by atoms with E-state index in [1.54, 1.807) is 35.0 Å². The average molecular weight is 333 g/mol. The highest BCUT2D eigenvalue weighted by molar-refractivity contribution is 6.34. The van der Waals surface area contributed by atoms with Crippen LogP contribution in [0, 0.1) is 5.41 Å². The van der Waals surface area contributed by atoms with E-state index < -0.39 is 5.91 Å². The number of carbonyl (C=O) groups excluding carboxylic acids is 1. The van der Waals surface area contributed by atoms with Crippen LogP contribution in [0.3, 0.4) is 0 Å². The number of carbonyl (C=O) groups is 1. The summed E-state index contributed by atoms with van der Waals surface area (Å²) >= 11 is 11.8. The summed E-state index contributed by atoms with van der Waals surface area (Å²) < 4.78 is 1.60. The van der Waals surface area contributed by atoms with Crippen LogP contribution in [0.5, 0.6) is 0 Å². The fraction of sp³-hybridized carbons (Fsp3) is 0.0769. The molecule has 20 heavy (non-hydrogen) atoms. The number of nitrogens with two attached hydrogens (primary N) is 1. The van der Waals surface area contributed by atoms with Crippen molar-refractivity contribution in [2.24, 2.45) is 5.73 Å². The topological polar surface area (TPSA) is 71.9 Å². The molecule has 0 spiro atoms. The molecule has 7 heteroatoms. The predicted molar refractivity (Wildman–Crippen MR) is 81.6 cm³/mol. The first-order valence-electron chi connectivity index (χ1n) is 5.46. The molecule has 0 atom stereocenters. The van der Waals surface area contributed by atoms with E-state index in [9.17, 15) is 4.79 Å². The highest BCUT2D eigenvalue weighted by Crippen LogP contribution is 2.19. The summed E-state index contributed by atoms with van der Waals surface area (Å²) in [5, 5.41) is 8.99. The Labute approximate surface area is 132 Å². The number of hydrogen-bond acceptors (Lipinski definition) is 2. The Balaban J connectivity index is 0.00000200. The van der Waals surface area contributed by atoms with E-state index >= 15 is 0 Å². The molecule has 0 fully saturated rings. The van der Waals surface area contributed by atoms with Gasteiger partial charge in [-0.05, 0) is 35.9 Å². The molecule has 0 aliphatic carbocycles. The zero-order chi connectivity index (χ0) is 14.0. The van der Waals surface area contributed by atoms with Crippen LogP contribution in [0.25, 0.3) is 0 Å². The molecule has 3 N–H and O–H groups in total. The number of benzene rings is 1. The van der Waals surface area contributed by atoms with Gasteiger partial charge in [0.1, 0.15) is 5.49 Å². The van der Waals surface area contributed by atoms with Crippen LogP contribution < -0.4 is 11.2 Å². The van der Waals surface area contributed by atoms with E-state index in [2.05, 4.69) is 0 Å². The maximum Gasteiger partial charge on any atom is 0.252 e. The zero-order valence-electron chi connectivity index (χ0n) is 10.3.